The summed E-state index contributed by atoms with van der Waals surface area (Å²) in [7, 11) is -3.42. The van der Waals surface area contributed by atoms with Crippen molar-refractivity contribution in [2.75, 3.05) is 17.5 Å². The largest absolute Gasteiger partial charge is 0.466 e. The Morgan fingerprint density at radius 1 is 1.12 bits per heavy atom. The average Bonchev–Trinajstić information content (AvgIpc) is 2.89. The van der Waals surface area contributed by atoms with Gasteiger partial charge in [-0.1, -0.05) is 18.2 Å². The summed E-state index contributed by atoms with van der Waals surface area (Å²) in [6.45, 7) is 3.33. The molecule has 0 fully saturated rings. The molecule has 0 radical (unpaired) electrons. The van der Waals surface area contributed by atoms with E-state index in [0.717, 1.165) is 6.26 Å². The van der Waals surface area contributed by atoms with Crippen LogP contribution in [-0.2, 0) is 21.4 Å². The second-order valence-electron chi connectivity index (χ2n) is 5.82. The summed E-state index contributed by atoms with van der Waals surface area (Å²) in [5, 5.41) is 5.16. The second kappa shape index (κ2) is 8.05. The van der Waals surface area contributed by atoms with E-state index in [1.807, 2.05) is 0 Å². The van der Waals surface area contributed by atoms with E-state index >= 15 is 0 Å². The molecule has 0 saturated heterocycles. The number of carbonyl (C=O) groups is 2. The summed E-state index contributed by atoms with van der Waals surface area (Å²) < 4.78 is 30.4. The van der Waals surface area contributed by atoms with E-state index < -0.39 is 21.8 Å². The number of aryl methyl sites for hydroxylation is 2. The third kappa shape index (κ3) is 5.62. The fourth-order valence-electron chi connectivity index (χ4n) is 2.34. The molecule has 26 heavy (non-hydrogen) atoms. The molecule has 1 aromatic heterocycles. The Hall–Kier alpha value is -2.81. The second-order valence-corrected chi connectivity index (χ2v) is 7.57. The lowest BCUT2D eigenvalue weighted by molar-refractivity contribution is -0.120. The van der Waals surface area contributed by atoms with Gasteiger partial charge in [-0.25, -0.2) is 8.42 Å². The van der Waals surface area contributed by atoms with Crippen molar-refractivity contribution in [3.8, 4) is 0 Å². The van der Waals surface area contributed by atoms with Crippen LogP contribution in [0.3, 0.4) is 0 Å². The maximum atomic E-state index is 12.0. The molecule has 0 unspecified atom stereocenters. The van der Waals surface area contributed by atoms with Gasteiger partial charge in [-0.05, 0) is 31.5 Å². The lowest BCUT2D eigenvalue weighted by atomic mass is 10.2. The molecule has 9 heteroatoms. The van der Waals surface area contributed by atoms with Gasteiger partial charge in [0.05, 0.1) is 24.1 Å². The molecule has 0 aliphatic heterocycles. The van der Waals surface area contributed by atoms with Crippen LogP contribution in [0.5, 0.6) is 0 Å². The van der Waals surface area contributed by atoms with Crippen molar-refractivity contribution in [1.82, 2.24) is 10.6 Å². The molecule has 0 saturated carbocycles. The molecule has 8 nitrogen and oxygen atoms in total. The molecular formula is C17H21N3O5S. The summed E-state index contributed by atoms with van der Waals surface area (Å²) in [4.78, 5) is 24.0. The molecule has 0 aliphatic rings. The summed E-state index contributed by atoms with van der Waals surface area (Å²) in [6.07, 6.45) is 1.05. The Balaban J connectivity index is 1.89. The highest BCUT2D eigenvalue weighted by molar-refractivity contribution is 7.92. The monoisotopic (exact) mass is 379 g/mol. The van der Waals surface area contributed by atoms with Gasteiger partial charge < -0.3 is 15.1 Å². The van der Waals surface area contributed by atoms with Gasteiger partial charge in [0.15, 0.2) is 0 Å². The molecule has 0 bridgehead atoms. The fourth-order valence-corrected chi connectivity index (χ4v) is 2.94. The zero-order valence-corrected chi connectivity index (χ0v) is 15.6. The van der Waals surface area contributed by atoms with E-state index in [4.69, 9.17) is 4.42 Å². The van der Waals surface area contributed by atoms with Crippen molar-refractivity contribution in [2.45, 2.75) is 20.4 Å². The molecule has 140 valence electrons. The molecule has 0 aliphatic carbocycles. The van der Waals surface area contributed by atoms with Crippen molar-refractivity contribution >= 4 is 27.5 Å². The van der Waals surface area contributed by atoms with E-state index in [9.17, 15) is 18.0 Å². The first-order chi connectivity index (χ1) is 12.2. The van der Waals surface area contributed by atoms with Crippen LogP contribution in [0.15, 0.2) is 34.7 Å². The first-order valence-electron chi connectivity index (χ1n) is 7.83. The molecule has 1 aromatic carbocycles. The Bertz CT molecular complexity index is 918. The topological polar surface area (TPSA) is 118 Å². The van der Waals surface area contributed by atoms with Crippen LogP contribution < -0.4 is 15.4 Å². The maximum absolute atomic E-state index is 12.0. The number of amides is 2. The average molecular weight is 379 g/mol. The Labute approximate surface area is 152 Å². The molecular weight excluding hydrogens is 358 g/mol. The SMILES string of the molecule is Cc1cc(C(=O)NCC(=O)NCc2ccccc2NS(C)(=O)=O)c(C)o1. The van der Waals surface area contributed by atoms with Gasteiger partial charge in [-0.3, -0.25) is 14.3 Å². The number of carbonyl (C=O) groups excluding carboxylic acids is 2. The third-order valence-electron chi connectivity index (χ3n) is 3.48. The van der Waals surface area contributed by atoms with E-state index in [2.05, 4.69) is 15.4 Å². The van der Waals surface area contributed by atoms with Crippen molar-refractivity contribution in [1.29, 1.82) is 0 Å². The molecule has 0 spiro atoms. The lowest BCUT2D eigenvalue weighted by Gasteiger charge is -2.12. The number of hydrogen-bond acceptors (Lipinski definition) is 5. The van der Waals surface area contributed by atoms with Gasteiger partial charge in [0.2, 0.25) is 15.9 Å². The van der Waals surface area contributed by atoms with Crippen molar-refractivity contribution in [3.63, 3.8) is 0 Å². The highest BCUT2D eigenvalue weighted by Gasteiger charge is 2.14. The van der Waals surface area contributed by atoms with E-state index in [1.165, 1.54) is 0 Å². The Kier molecular flexibility index (Phi) is 6.04. The van der Waals surface area contributed by atoms with Crippen molar-refractivity contribution < 1.29 is 22.4 Å². The van der Waals surface area contributed by atoms with Gasteiger partial charge in [-0.15, -0.1) is 0 Å². The van der Waals surface area contributed by atoms with Crippen LogP contribution >= 0.6 is 0 Å². The highest BCUT2D eigenvalue weighted by Crippen LogP contribution is 2.16. The van der Waals surface area contributed by atoms with Crippen LogP contribution in [0, 0.1) is 13.8 Å². The molecule has 0 atom stereocenters. The molecule has 2 amide bonds. The minimum atomic E-state index is -3.42. The van der Waals surface area contributed by atoms with Gasteiger partial charge in [0, 0.05) is 6.54 Å². The lowest BCUT2D eigenvalue weighted by Crippen LogP contribution is -2.36. The number of para-hydroxylation sites is 1. The van der Waals surface area contributed by atoms with Crippen molar-refractivity contribution in [3.05, 3.63) is 53.0 Å². The smallest absolute Gasteiger partial charge is 0.255 e. The zero-order chi connectivity index (χ0) is 19.3. The maximum Gasteiger partial charge on any atom is 0.255 e. The van der Waals surface area contributed by atoms with Crippen LogP contribution in [0.2, 0.25) is 0 Å². The molecule has 1 heterocycles. The highest BCUT2D eigenvalue weighted by atomic mass is 32.2. The summed E-state index contributed by atoms with van der Waals surface area (Å²) in [6, 6.07) is 8.34. The van der Waals surface area contributed by atoms with Crippen LogP contribution in [0.4, 0.5) is 5.69 Å². The van der Waals surface area contributed by atoms with Crippen LogP contribution in [0.1, 0.15) is 27.4 Å². The van der Waals surface area contributed by atoms with Crippen molar-refractivity contribution in [2.24, 2.45) is 0 Å². The first-order valence-corrected chi connectivity index (χ1v) is 9.72. The minimum Gasteiger partial charge on any atom is -0.466 e. The number of sulfonamides is 1. The fraction of sp³-hybridized carbons (Fsp3) is 0.294. The van der Waals surface area contributed by atoms with Crippen LogP contribution in [0.25, 0.3) is 0 Å². The Morgan fingerprint density at radius 2 is 1.81 bits per heavy atom. The number of furan rings is 1. The number of hydrogen-bond donors (Lipinski definition) is 3. The summed E-state index contributed by atoms with van der Waals surface area (Å²) >= 11 is 0. The number of anilines is 1. The summed E-state index contributed by atoms with van der Waals surface area (Å²) in [5.74, 6) is 0.312. The van der Waals surface area contributed by atoms with E-state index in [1.54, 1.807) is 44.2 Å². The van der Waals surface area contributed by atoms with Gasteiger partial charge in [-0.2, -0.15) is 0 Å². The number of nitrogens with one attached hydrogen (secondary N) is 3. The Morgan fingerprint density at radius 3 is 2.42 bits per heavy atom. The van der Waals surface area contributed by atoms with E-state index in [0.29, 0.717) is 28.3 Å². The summed E-state index contributed by atoms with van der Waals surface area (Å²) in [5.41, 5.74) is 1.39. The normalized spacial score (nSPS) is 11.0. The predicted molar refractivity (Wildman–Crippen MR) is 97.3 cm³/mol. The first kappa shape index (κ1) is 19.5. The van der Waals surface area contributed by atoms with Gasteiger partial charge >= 0.3 is 0 Å². The molecule has 3 N–H and O–H groups in total. The van der Waals surface area contributed by atoms with Crippen LogP contribution in [-0.4, -0.2) is 33.0 Å². The van der Waals surface area contributed by atoms with E-state index in [-0.39, 0.29) is 13.1 Å². The number of benzene rings is 1. The van der Waals surface area contributed by atoms with Gasteiger partial charge in [0.25, 0.3) is 5.91 Å². The minimum absolute atomic E-state index is 0.122. The molecule has 2 rings (SSSR count). The zero-order valence-electron chi connectivity index (χ0n) is 14.8. The molecule has 2 aromatic rings. The third-order valence-corrected chi connectivity index (χ3v) is 4.07. The predicted octanol–water partition coefficient (Wildman–Crippen LogP) is 1.31. The number of rotatable bonds is 7. The van der Waals surface area contributed by atoms with Gasteiger partial charge in [0.1, 0.15) is 11.5 Å². The standard InChI is InChI=1S/C17H21N3O5S/c1-11-8-14(12(2)25-11)17(22)19-10-16(21)18-9-13-6-4-5-7-15(13)20-26(3,23)24/h4-8,20H,9-10H2,1-3H3,(H,18,21)(H,19,22). The quantitative estimate of drug-likeness (QED) is 0.670.